The molecular formula is C21H26N6O. The van der Waals surface area contributed by atoms with Gasteiger partial charge in [-0.15, -0.1) is 0 Å². The van der Waals surface area contributed by atoms with Crippen molar-refractivity contribution in [2.24, 2.45) is 0 Å². The molecule has 146 valence electrons. The Morgan fingerprint density at radius 2 is 1.96 bits per heavy atom. The van der Waals surface area contributed by atoms with Gasteiger partial charge in [0.2, 0.25) is 0 Å². The SMILES string of the molecule is CC(C)c1cc(C(=O)N2CCC(c3nccn3Cc3ccncc3)CC2)n[nH]1. The van der Waals surface area contributed by atoms with E-state index in [-0.39, 0.29) is 5.91 Å². The quantitative estimate of drug-likeness (QED) is 0.739. The van der Waals surface area contributed by atoms with Crippen LogP contribution in [0.25, 0.3) is 0 Å². The Hall–Kier alpha value is -2.96. The van der Waals surface area contributed by atoms with Gasteiger partial charge in [0.15, 0.2) is 0 Å². The molecule has 1 saturated heterocycles. The molecule has 3 aromatic rings. The summed E-state index contributed by atoms with van der Waals surface area (Å²) in [6.45, 7) is 6.43. The number of amides is 1. The molecule has 1 aliphatic heterocycles. The Kier molecular flexibility index (Phi) is 5.23. The highest BCUT2D eigenvalue weighted by Crippen LogP contribution is 2.28. The number of likely N-dealkylation sites (tertiary alicyclic amines) is 1. The zero-order valence-electron chi connectivity index (χ0n) is 16.4. The Labute approximate surface area is 164 Å². The van der Waals surface area contributed by atoms with Gasteiger partial charge in [-0.2, -0.15) is 5.10 Å². The van der Waals surface area contributed by atoms with Crippen molar-refractivity contribution in [3.05, 3.63) is 65.8 Å². The van der Waals surface area contributed by atoms with Gasteiger partial charge in [-0.3, -0.25) is 14.9 Å². The van der Waals surface area contributed by atoms with Crippen molar-refractivity contribution in [3.8, 4) is 0 Å². The highest BCUT2D eigenvalue weighted by Gasteiger charge is 2.28. The Morgan fingerprint density at radius 3 is 2.64 bits per heavy atom. The molecule has 4 heterocycles. The number of aromatic amines is 1. The Balaban J connectivity index is 1.39. The fraction of sp³-hybridized carbons (Fsp3) is 0.429. The normalized spacial score (nSPS) is 15.3. The van der Waals surface area contributed by atoms with Crippen molar-refractivity contribution in [1.29, 1.82) is 0 Å². The topological polar surface area (TPSA) is 79.7 Å². The molecule has 4 rings (SSSR count). The molecule has 1 N–H and O–H groups in total. The van der Waals surface area contributed by atoms with E-state index in [2.05, 4.69) is 38.6 Å². The first-order valence-electron chi connectivity index (χ1n) is 9.86. The summed E-state index contributed by atoms with van der Waals surface area (Å²) < 4.78 is 2.21. The van der Waals surface area contributed by atoms with Crippen molar-refractivity contribution >= 4 is 5.91 Å². The summed E-state index contributed by atoms with van der Waals surface area (Å²) in [4.78, 5) is 23.4. The van der Waals surface area contributed by atoms with Gasteiger partial charge in [0, 0.05) is 56.0 Å². The molecule has 1 aliphatic rings. The molecule has 28 heavy (non-hydrogen) atoms. The molecule has 0 radical (unpaired) electrons. The first-order chi connectivity index (χ1) is 13.6. The van der Waals surface area contributed by atoms with Crippen LogP contribution in [0.4, 0.5) is 0 Å². The molecule has 0 atom stereocenters. The number of rotatable bonds is 5. The lowest BCUT2D eigenvalue weighted by molar-refractivity contribution is 0.0704. The lowest BCUT2D eigenvalue weighted by Crippen LogP contribution is -2.38. The van der Waals surface area contributed by atoms with Crippen molar-refractivity contribution < 1.29 is 4.79 Å². The molecule has 0 aromatic carbocycles. The van der Waals surface area contributed by atoms with Crippen LogP contribution in [0.15, 0.2) is 43.0 Å². The summed E-state index contributed by atoms with van der Waals surface area (Å²) >= 11 is 0. The molecule has 1 fully saturated rings. The lowest BCUT2D eigenvalue weighted by Gasteiger charge is -2.31. The van der Waals surface area contributed by atoms with Gasteiger partial charge in [-0.25, -0.2) is 4.98 Å². The zero-order chi connectivity index (χ0) is 19.5. The predicted octanol–water partition coefficient (Wildman–Crippen LogP) is 3.19. The van der Waals surface area contributed by atoms with Crippen molar-refractivity contribution in [3.63, 3.8) is 0 Å². The number of pyridine rings is 1. The van der Waals surface area contributed by atoms with E-state index in [1.54, 1.807) is 0 Å². The minimum absolute atomic E-state index is 0.0155. The number of imidazole rings is 1. The number of carbonyl (C=O) groups is 1. The number of carbonyl (C=O) groups excluding carboxylic acids is 1. The van der Waals surface area contributed by atoms with Crippen molar-refractivity contribution in [2.45, 2.75) is 45.1 Å². The summed E-state index contributed by atoms with van der Waals surface area (Å²) in [6, 6.07) is 5.93. The number of nitrogens with one attached hydrogen (secondary N) is 1. The molecule has 0 spiro atoms. The largest absolute Gasteiger partial charge is 0.337 e. The maximum absolute atomic E-state index is 12.8. The first-order valence-corrected chi connectivity index (χ1v) is 9.86. The molecule has 0 bridgehead atoms. The van der Waals surface area contributed by atoms with E-state index in [1.807, 2.05) is 47.9 Å². The van der Waals surface area contributed by atoms with Crippen LogP contribution in [0.3, 0.4) is 0 Å². The number of nitrogens with zero attached hydrogens (tertiary/aromatic N) is 5. The fourth-order valence-corrected chi connectivity index (χ4v) is 3.74. The van der Waals surface area contributed by atoms with E-state index in [9.17, 15) is 4.79 Å². The summed E-state index contributed by atoms with van der Waals surface area (Å²) in [6.07, 6.45) is 9.36. The van der Waals surface area contributed by atoms with Crippen molar-refractivity contribution in [2.75, 3.05) is 13.1 Å². The average molecular weight is 378 g/mol. The van der Waals surface area contributed by atoms with Gasteiger partial charge in [-0.05, 0) is 42.5 Å². The third kappa shape index (κ3) is 3.83. The second kappa shape index (κ2) is 7.96. The van der Waals surface area contributed by atoms with E-state index in [1.165, 1.54) is 5.56 Å². The van der Waals surface area contributed by atoms with Crippen LogP contribution in [0.5, 0.6) is 0 Å². The van der Waals surface area contributed by atoms with Crippen molar-refractivity contribution in [1.82, 2.24) is 29.6 Å². The average Bonchev–Trinajstić information content (AvgIpc) is 3.38. The molecule has 1 amide bonds. The smallest absolute Gasteiger partial charge is 0.274 e. The molecule has 7 heteroatoms. The lowest BCUT2D eigenvalue weighted by atomic mass is 9.95. The van der Waals surface area contributed by atoms with Crippen LogP contribution in [0.1, 0.15) is 66.1 Å². The maximum atomic E-state index is 12.8. The number of piperidine rings is 1. The molecule has 0 aliphatic carbocycles. The number of hydrogen-bond acceptors (Lipinski definition) is 4. The zero-order valence-corrected chi connectivity index (χ0v) is 16.4. The van der Waals surface area contributed by atoms with Gasteiger partial charge in [0.05, 0.1) is 0 Å². The molecule has 3 aromatic heterocycles. The summed E-state index contributed by atoms with van der Waals surface area (Å²) in [5.74, 6) is 1.82. The number of aromatic nitrogens is 5. The molecule has 7 nitrogen and oxygen atoms in total. The summed E-state index contributed by atoms with van der Waals surface area (Å²) in [5.41, 5.74) is 2.72. The summed E-state index contributed by atoms with van der Waals surface area (Å²) in [5, 5.41) is 7.18. The maximum Gasteiger partial charge on any atom is 0.274 e. The number of hydrogen-bond donors (Lipinski definition) is 1. The second-order valence-electron chi connectivity index (χ2n) is 7.70. The van der Waals surface area contributed by atoms with Crippen LogP contribution < -0.4 is 0 Å². The van der Waals surface area contributed by atoms with Gasteiger partial charge in [-0.1, -0.05) is 13.8 Å². The monoisotopic (exact) mass is 378 g/mol. The van der Waals surface area contributed by atoms with E-state index in [0.29, 0.717) is 17.5 Å². The van der Waals surface area contributed by atoms with Gasteiger partial charge in [0.1, 0.15) is 11.5 Å². The highest BCUT2D eigenvalue weighted by molar-refractivity contribution is 5.92. The third-order valence-corrected chi connectivity index (χ3v) is 5.44. The van der Waals surface area contributed by atoms with Crippen LogP contribution in [0, 0.1) is 0 Å². The minimum atomic E-state index is 0.0155. The first kappa shape index (κ1) is 18.4. The summed E-state index contributed by atoms with van der Waals surface area (Å²) in [7, 11) is 0. The highest BCUT2D eigenvalue weighted by atomic mass is 16.2. The second-order valence-corrected chi connectivity index (χ2v) is 7.70. The van der Waals surface area contributed by atoms with Gasteiger partial charge < -0.3 is 9.47 Å². The predicted molar refractivity (Wildman–Crippen MR) is 106 cm³/mol. The Morgan fingerprint density at radius 1 is 1.21 bits per heavy atom. The molecular weight excluding hydrogens is 352 g/mol. The molecule has 0 unspecified atom stereocenters. The fourth-order valence-electron chi connectivity index (χ4n) is 3.74. The minimum Gasteiger partial charge on any atom is -0.337 e. The molecule has 0 saturated carbocycles. The van der Waals surface area contributed by atoms with Crippen LogP contribution in [-0.4, -0.2) is 48.6 Å². The van der Waals surface area contributed by atoms with Gasteiger partial charge >= 0.3 is 0 Å². The van der Waals surface area contributed by atoms with Gasteiger partial charge in [0.25, 0.3) is 5.91 Å². The standard InChI is InChI=1S/C21H26N6O/c1-15(2)18-13-19(25-24-18)21(28)26-10-5-17(6-11-26)20-23-9-12-27(20)14-16-3-7-22-8-4-16/h3-4,7-9,12-13,15,17H,5-6,10-11,14H2,1-2H3,(H,24,25). The number of H-pyrrole nitrogens is 1. The Bertz CT molecular complexity index is 921. The van der Waals surface area contributed by atoms with E-state index in [0.717, 1.165) is 44.0 Å². The van der Waals surface area contributed by atoms with E-state index >= 15 is 0 Å². The van der Waals surface area contributed by atoms with E-state index < -0.39 is 0 Å². The van der Waals surface area contributed by atoms with Crippen LogP contribution in [-0.2, 0) is 6.54 Å². The van der Waals surface area contributed by atoms with Crippen LogP contribution in [0.2, 0.25) is 0 Å². The van der Waals surface area contributed by atoms with Crippen LogP contribution >= 0.6 is 0 Å². The third-order valence-electron chi connectivity index (χ3n) is 5.44. The van der Waals surface area contributed by atoms with E-state index in [4.69, 9.17) is 0 Å².